The summed E-state index contributed by atoms with van der Waals surface area (Å²) < 4.78 is 2.46. The smallest absolute Gasteiger partial charge is 0.0540 e. The standard InChI is InChI=1S/C43H34N2/c1-31-13-12-22-42-43(31)39-19-9-11-21-41(39)45(42)40-20-10-8-18-38(40)34-25-23-32(24-26-34)33-27-29-37(30-28-33)44(35-14-4-2-5-15-35)36-16-6-3-7-17-36/h2-12,14-31H,13H2,1H3. The third-order valence-electron chi connectivity index (χ3n) is 9.04. The Kier molecular flexibility index (Phi) is 6.88. The lowest BCUT2D eigenvalue weighted by atomic mass is 9.91. The number of hydrogen-bond donors (Lipinski definition) is 0. The largest absolute Gasteiger partial charge is 0.311 e. The van der Waals surface area contributed by atoms with Gasteiger partial charge in [0.15, 0.2) is 0 Å². The highest BCUT2D eigenvalue weighted by Gasteiger charge is 2.24. The highest BCUT2D eigenvalue weighted by molar-refractivity contribution is 5.93. The number of hydrogen-bond acceptors (Lipinski definition) is 1. The first-order valence-electron chi connectivity index (χ1n) is 15.8. The summed E-state index contributed by atoms with van der Waals surface area (Å²) in [5.74, 6) is 0.501. The van der Waals surface area contributed by atoms with Crippen molar-refractivity contribution in [3.63, 3.8) is 0 Å². The van der Waals surface area contributed by atoms with Crippen LogP contribution in [0.5, 0.6) is 0 Å². The molecule has 45 heavy (non-hydrogen) atoms. The number of nitrogens with zero attached hydrogens (tertiary/aromatic N) is 2. The molecule has 0 amide bonds. The van der Waals surface area contributed by atoms with E-state index in [-0.39, 0.29) is 0 Å². The Hall–Kier alpha value is -5.60. The Bertz CT molecular complexity index is 2080. The molecule has 7 aromatic rings. The van der Waals surface area contributed by atoms with E-state index in [1.54, 1.807) is 0 Å². The van der Waals surface area contributed by atoms with Crippen molar-refractivity contribution in [2.45, 2.75) is 19.3 Å². The zero-order valence-corrected chi connectivity index (χ0v) is 25.3. The van der Waals surface area contributed by atoms with Crippen molar-refractivity contribution < 1.29 is 0 Å². The van der Waals surface area contributed by atoms with Gasteiger partial charge >= 0.3 is 0 Å². The van der Waals surface area contributed by atoms with Gasteiger partial charge in [-0.05, 0) is 89.2 Å². The molecular weight excluding hydrogens is 544 g/mol. The van der Waals surface area contributed by atoms with Crippen molar-refractivity contribution in [1.29, 1.82) is 0 Å². The van der Waals surface area contributed by atoms with E-state index in [4.69, 9.17) is 0 Å². The number of fused-ring (bicyclic) bond motifs is 3. The van der Waals surface area contributed by atoms with Gasteiger partial charge in [-0.15, -0.1) is 0 Å². The van der Waals surface area contributed by atoms with E-state index in [9.17, 15) is 0 Å². The van der Waals surface area contributed by atoms with Crippen molar-refractivity contribution in [3.8, 4) is 27.9 Å². The monoisotopic (exact) mass is 578 g/mol. The first kappa shape index (κ1) is 27.0. The SMILES string of the molecule is CC1CC=Cc2c1c1ccccc1n2-c1ccccc1-c1ccc(-c2ccc(N(c3ccccc3)c3ccccc3)cc2)cc1. The van der Waals surface area contributed by atoms with Gasteiger partial charge in [-0.3, -0.25) is 0 Å². The minimum absolute atomic E-state index is 0.501. The molecule has 1 aliphatic carbocycles. The Morgan fingerprint density at radius 1 is 0.533 bits per heavy atom. The fraction of sp³-hybridized carbons (Fsp3) is 0.0698. The summed E-state index contributed by atoms with van der Waals surface area (Å²) in [6.45, 7) is 2.34. The quantitative estimate of drug-likeness (QED) is 0.191. The summed E-state index contributed by atoms with van der Waals surface area (Å²) in [6, 6.07) is 56.6. The molecule has 0 bridgehead atoms. The van der Waals surface area contributed by atoms with Gasteiger partial charge in [0.2, 0.25) is 0 Å². The molecule has 2 nitrogen and oxygen atoms in total. The molecule has 0 N–H and O–H groups in total. The van der Waals surface area contributed by atoms with Crippen LogP contribution in [0.2, 0.25) is 0 Å². The van der Waals surface area contributed by atoms with Gasteiger partial charge in [0, 0.05) is 28.0 Å². The van der Waals surface area contributed by atoms with Gasteiger partial charge in [-0.25, -0.2) is 0 Å². The lowest BCUT2D eigenvalue weighted by molar-refractivity contribution is 0.773. The molecule has 1 aromatic heterocycles. The first-order chi connectivity index (χ1) is 22.3. The molecule has 1 unspecified atom stereocenters. The fourth-order valence-electron chi connectivity index (χ4n) is 6.89. The van der Waals surface area contributed by atoms with E-state index in [0.717, 1.165) is 23.5 Å². The van der Waals surface area contributed by atoms with Gasteiger partial charge in [-0.2, -0.15) is 0 Å². The van der Waals surface area contributed by atoms with Gasteiger partial charge in [0.25, 0.3) is 0 Å². The number of allylic oxidation sites excluding steroid dienone is 1. The number of rotatable bonds is 6. The Balaban J connectivity index is 1.14. The molecule has 0 saturated carbocycles. The van der Waals surface area contributed by atoms with Crippen LogP contribution in [0.15, 0.2) is 164 Å². The summed E-state index contributed by atoms with van der Waals surface area (Å²) in [5.41, 5.74) is 13.5. The van der Waals surface area contributed by atoms with Crippen LogP contribution in [0.4, 0.5) is 17.1 Å². The Labute approximate surface area is 265 Å². The molecule has 0 spiro atoms. The molecule has 1 aliphatic rings. The molecule has 2 heteroatoms. The maximum atomic E-state index is 2.46. The molecule has 0 saturated heterocycles. The van der Waals surface area contributed by atoms with E-state index in [2.05, 4.69) is 186 Å². The molecule has 8 rings (SSSR count). The second kappa shape index (κ2) is 11.5. The van der Waals surface area contributed by atoms with Crippen molar-refractivity contribution in [2.75, 3.05) is 4.90 Å². The third-order valence-corrected chi connectivity index (χ3v) is 9.04. The second-order valence-electron chi connectivity index (χ2n) is 11.8. The van der Waals surface area contributed by atoms with Gasteiger partial charge < -0.3 is 9.47 Å². The number of aromatic nitrogens is 1. The number of para-hydroxylation sites is 4. The average Bonchev–Trinajstić information content (AvgIpc) is 3.45. The zero-order valence-electron chi connectivity index (χ0n) is 25.3. The molecular formula is C43H34N2. The molecule has 216 valence electrons. The molecule has 0 aliphatic heterocycles. The van der Waals surface area contributed by atoms with E-state index >= 15 is 0 Å². The van der Waals surface area contributed by atoms with Crippen molar-refractivity contribution >= 4 is 34.0 Å². The predicted molar refractivity (Wildman–Crippen MR) is 191 cm³/mol. The molecule has 1 heterocycles. The lowest BCUT2D eigenvalue weighted by Crippen LogP contribution is -2.09. The summed E-state index contributed by atoms with van der Waals surface area (Å²) in [4.78, 5) is 2.30. The maximum Gasteiger partial charge on any atom is 0.0540 e. The van der Waals surface area contributed by atoms with E-state index in [0.29, 0.717) is 5.92 Å². The molecule has 6 aromatic carbocycles. The minimum Gasteiger partial charge on any atom is -0.311 e. The van der Waals surface area contributed by atoms with Crippen LogP contribution in [0.3, 0.4) is 0 Å². The maximum absolute atomic E-state index is 2.46. The highest BCUT2D eigenvalue weighted by Crippen LogP contribution is 2.42. The molecule has 0 radical (unpaired) electrons. The second-order valence-corrected chi connectivity index (χ2v) is 11.8. The lowest BCUT2D eigenvalue weighted by Gasteiger charge is -2.25. The zero-order chi connectivity index (χ0) is 30.2. The van der Waals surface area contributed by atoms with Crippen LogP contribution in [0.1, 0.15) is 30.5 Å². The number of benzene rings is 6. The summed E-state index contributed by atoms with van der Waals surface area (Å²) in [7, 11) is 0. The van der Waals surface area contributed by atoms with Crippen molar-refractivity contribution in [3.05, 3.63) is 175 Å². The predicted octanol–water partition coefficient (Wildman–Crippen LogP) is 12.0. The summed E-state index contributed by atoms with van der Waals surface area (Å²) >= 11 is 0. The van der Waals surface area contributed by atoms with Crippen molar-refractivity contribution in [1.82, 2.24) is 4.57 Å². The van der Waals surface area contributed by atoms with E-state index in [1.165, 1.54) is 50.1 Å². The average molecular weight is 579 g/mol. The Morgan fingerprint density at radius 3 is 1.76 bits per heavy atom. The van der Waals surface area contributed by atoms with Crippen LogP contribution >= 0.6 is 0 Å². The molecule has 1 atom stereocenters. The van der Waals surface area contributed by atoms with Gasteiger partial charge in [0.1, 0.15) is 0 Å². The van der Waals surface area contributed by atoms with E-state index < -0.39 is 0 Å². The van der Waals surface area contributed by atoms with Crippen LogP contribution < -0.4 is 4.90 Å². The van der Waals surface area contributed by atoms with Crippen LogP contribution in [-0.2, 0) is 0 Å². The van der Waals surface area contributed by atoms with Gasteiger partial charge in [0.05, 0.1) is 16.9 Å². The number of anilines is 3. The van der Waals surface area contributed by atoms with Crippen LogP contribution in [0, 0.1) is 0 Å². The molecule has 0 fully saturated rings. The highest BCUT2D eigenvalue weighted by atomic mass is 15.1. The Morgan fingerprint density at radius 2 is 1.07 bits per heavy atom. The first-order valence-corrected chi connectivity index (χ1v) is 15.8. The topological polar surface area (TPSA) is 8.17 Å². The van der Waals surface area contributed by atoms with Crippen LogP contribution in [-0.4, -0.2) is 4.57 Å². The van der Waals surface area contributed by atoms with Gasteiger partial charge in [-0.1, -0.05) is 122 Å². The van der Waals surface area contributed by atoms with Crippen LogP contribution in [0.25, 0.3) is 44.9 Å². The fourth-order valence-corrected chi connectivity index (χ4v) is 6.89. The van der Waals surface area contributed by atoms with Crippen molar-refractivity contribution in [2.24, 2.45) is 0 Å². The summed E-state index contributed by atoms with van der Waals surface area (Å²) in [5, 5.41) is 1.36. The summed E-state index contributed by atoms with van der Waals surface area (Å²) in [6.07, 6.45) is 5.72. The minimum atomic E-state index is 0.501. The normalized spacial score (nSPS) is 13.9. The van der Waals surface area contributed by atoms with E-state index in [1.807, 2.05) is 0 Å². The third kappa shape index (κ3) is 4.85.